The van der Waals surface area contributed by atoms with Gasteiger partial charge in [-0.05, 0) is 29.7 Å². The van der Waals surface area contributed by atoms with Crippen LogP contribution in [0.5, 0.6) is 0 Å². The van der Waals surface area contributed by atoms with E-state index in [1.54, 1.807) is 18.2 Å². The van der Waals surface area contributed by atoms with Crippen molar-refractivity contribution in [1.82, 2.24) is 5.32 Å². The van der Waals surface area contributed by atoms with E-state index in [-0.39, 0.29) is 0 Å². The predicted molar refractivity (Wildman–Crippen MR) is 68.2 cm³/mol. The van der Waals surface area contributed by atoms with Gasteiger partial charge in [-0.2, -0.15) is 5.26 Å². The molecule has 1 aliphatic heterocycles. The summed E-state index contributed by atoms with van der Waals surface area (Å²) < 4.78 is 0.732. The number of imide groups is 1. The zero-order chi connectivity index (χ0) is 12.9. The summed E-state index contributed by atoms with van der Waals surface area (Å²) in [5.74, 6) is -0.875. The molecular weight excluding hydrogens is 296 g/mol. The Hall–Kier alpha value is -2.19. The monoisotopic (exact) mass is 300 g/mol. The first kappa shape index (κ1) is 10.9. The molecule has 0 radical (unpaired) electrons. The fourth-order valence-corrected chi connectivity index (χ4v) is 2.62. The van der Waals surface area contributed by atoms with E-state index < -0.39 is 11.8 Å². The lowest BCUT2D eigenvalue weighted by Gasteiger charge is -2.17. The smallest absolute Gasteiger partial charge is 0.258 e. The van der Waals surface area contributed by atoms with Gasteiger partial charge in [0.05, 0.1) is 11.6 Å². The number of hydrogen-bond donors (Lipinski definition) is 1. The van der Waals surface area contributed by atoms with Crippen molar-refractivity contribution in [3.05, 3.63) is 45.4 Å². The SMILES string of the molecule is N#Cc1cc2c3c(cc(Br)cc3c1)C(=O)NC2=O. The Balaban J connectivity index is 2.55. The molecule has 1 N–H and O–H groups in total. The van der Waals surface area contributed by atoms with Crippen LogP contribution in [0.15, 0.2) is 28.7 Å². The number of nitrogens with zero attached hydrogens (tertiary/aromatic N) is 1. The van der Waals surface area contributed by atoms with Gasteiger partial charge in [0.1, 0.15) is 0 Å². The van der Waals surface area contributed by atoms with Crippen LogP contribution in [0.4, 0.5) is 0 Å². The number of halogens is 1. The largest absolute Gasteiger partial charge is 0.288 e. The fraction of sp³-hybridized carbons (Fsp3) is 0. The zero-order valence-electron chi connectivity index (χ0n) is 8.95. The molecule has 4 nitrogen and oxygen atoms in total. The molecule has 0 spiro atoms. The summed E-state index contributed by atoms with van der Waals surface area (Å²) in [7, 11) is 0. The molecule has 2 aromatic carbocycles. The van der Waals surface area contributed by atoms with Crippen LogP contribution >= 0.6 is 15.9 Å². The second-order valence-corrected chi connectivity index (χ2v) is 4.89. The average Bonchev–Trinajstić information content (AvgIpc) is 2.34. The van der Waals surface area contributed by atoms with Crippen molar-refractivity contribution in [3.63, 3.8) is 0 Å². The third-order valence-corrected chi connectivity index (χ3v) is 3.32. The quantitative estimate of drug-likeness (QED) is 0.759. The Labute approximate surface area is 110 Å². The van der Waals surface area contributed by atoms with Gasteiger partial charge >= 0.3 is 0 Å². The van der Waals surface area contributed by atoms with Crippen LogP contribution in [-0.2, 0) is 0 Å². The Morgan fingerprint density at radius 1 is 1.06 bits per heavy atom. The molecule has 1 aliphatic rings. The van der Waals surface area contributed by atoms with E-state index in [1.165, 1.54) is 6.07 Å². The average molecular weight is 301 g/mol. The minimum Gasteiger partial charge on any atom is -0.288 e. The number of nitriles is 1. The first-order valence-corrected chi connectivity index (χ1v) is 5.92. The van der Waals surface area contributed by atoms with Crippen LogP contribution in [0.2, 0.25) is 0 Å². The standard InChI is InChI=1S/C13H5BrN2O2/c14-8-3-7-1-6(5-15)2-9-11(7)10(4-8)13(18)16-12(9)17/h1-4H,(H,16,17,18). The van der Waals surface area contributed by atoms with Gasteiger partial charge < -0.3 is 0 Å². The van der Waals surface area contributed by atoms with E-state index in [2.05, 4.69) is 21.2 Å². The lowest BCUT2D eigenvalue weighted by molar-refractivity contribution is 0.0845. The molecule has 0 saturated heterocycles. The first-order valence-electron chi connectivity index (χ1n) is 5.13. The van der Waals surface area contributed by atoms with Gasteiger partial charge in [-0.3, -0.25) is 14.9 Å². The molecule has 0 fully saturated rings. The van der Waals surface area contributed by atoms with Crippen molar-refractivity contribution in [2.45, 2.75) is 0 Å². The number of benzene rings is 2. The zero-order valence-corrected chi connectivity index (χ0v) is 10.5. The molecule has 0 saturated carbocycles. The van der Waals surface area contributed by atoms with Crippen molar-refractivity contribution in [2.75, 3.05) is 0 Å². The highest BCUT2D eigenvalue weighted by atomic mass is 79.9. The van der Waals surface area contributed by atoms with Crippen LogP contribution in [0, 0.1) is 11.3 Å². The molecule has 1 heterocycles. The van der Waals surface area contributed by atoms with Crippen LogP contribution in [0.1, 0.15) is 26.3 Å². The summed E-state index contributed by atoms with van der Waals surface area (Å²) in [6, 6.07) is 8.63. The number of hydrogen-bond acceptors (Lipinski definition) is 3. The Morgan fingerprint density at radius 2 is 1.72 bits per heavy atom. The fourth-order valence-electron chi connectivity index (χ4n) is 2.14. The number of carbonyl (C=O) groups excluding carboxylic acids is 2. The maximum Gasteiger partial charge on any atom is 0.258 e. The molecule has 0 unspecified atom stereocenters. The normalized spacial score (nSPS) is 13.3. The van der Waals surface area contributed by atoms with Gasteiger partial charge in [-0.15, -0.1) is 0 Å². The topological polar surface area (TPSA) is 70.0 Å². The summed E-state index contributed by atoms with van der Waals surface area (Å²) in [4.78, 5) is 23.6. The molecular formula is C13H5BrN2O2. The molecule has 0 bridgehead atoms. The van der Waals surface area contributed by atoms with E-state index in [1.807, 2.05) is 6.07 Å². The number of rotatable bonds is 0. The molecule has 0 aliphatic carbocycles. The summed E-state index contributed by atoms with van der Waals surface area (Å²) >= 11 is 3.31. The highest BCUT2D eigenvalue weighted by molar-refractivity contribution is 9.10. The van der Waals surface area contributed by atoms with E-state index in [0.717, 1.165) is 4.47 Å². The van der Waals surface area contributed by atoms with Crippen molar-refractivity contribution in [3.8, 4) is 6.07 Å². The lowest BCUT2D eigenvalue weighted by Crippen LogP contribution is -2.34. The lowest BCUT2D eigenvalue weighted by atomic mass is 9.93. The van der Waals surface area contributed by atoms with Crippen LogP contribution in [0.25, 0.3) is 10.8 Å². The van der Waals surface area contributed by atoms with Gasteiger partial charge in [-0.1, -0.05) is 15.9 Å². The molecule has 18 heavy (non-hydrogen) atoms. The minimum absolute atomic E-state index is 0.367. The van der Waals surface area contributed by atoms with E-state index in [9.17, 15) is 9.59 Å². The van der Waals surface area contributed by atoms with Gasteiger partial charge in [0.25, 0.3) is 11.8 Å². The van der Waals surface area contributed by atoms with Crippen molar-refractivity contribution >= 4 is 38.5 Å². The molecule has 0 aromatic heterocycles. The highest BCUT2D eigenvalue weighted by Gasteiger charge is 2.25. The van der Waals surface area contributed by atoms with Crippen molar-refractivity contribution in [2.24, 2.45) is 0 Å². The maximum absolute atomic E-state index is 11.8. The Bertz CT molecular complexity index is 775. The molecule has 2 amide bonds. The molecule has 86 valence electrons. The summed E-state index contributed by atoms with van der Waals surface area (Å²) in [5, 5.41) is 12.5. The maximum atomic E-state index is 11.8. The molecule has 5 heteroatoms. The van der Waals surface area contributed by atoms with Gasteiger partial charge in [0.2, 0.25) is 0 Å². The molecule has 2 aromatic rings. The van der Waals surface area contributed by atoms with Gasteiger partial charge in [0.15, 0.2) is 0 Å². The second kappa shape index (κ2) is 3.65. The molecule has 3 rings (SSSR count). The van der Waals surface area contributed by atoms with Gasteiger partial charge in [-0.25, -0.2) is 0 Å². The van der Waals surface area contributed by atoms with E-state index in [4.69, 9.17) is 5.26 Å². The van der Waals surface area contributed by atoms with Crippen molar-refractivity contribution in [1.29, 1.82) is 5.26 Å². The van der Waals surface area contributed by atoms with Crippen LogP contribution in [0.3, 0.4) is 0 Å². The molecule has 0 atom stereocenters. The summed E-state index contributed by atoms with van der Waals surface area (Å²) in [5.41, 5.74) is 1.20. The summed E-state index contributed by atoms with van der Waals surface area (Å²) in [6.45, 7) is 0. The highest BCUT2D eigenvalue weighted by Crippen LogP contribution is 2.30. The second-order valence-electron chi connectivity index (χ2n) is 3.97. The third kappa shape index (κ3) is 1.43. The van der Waals surface area contributed by atoms with Crippen molar-refractivity contribution < 1.29 is 9.59 Å². The van der Waals surface area contributed by atoms with Crippen LogP contribution < -0.4 is 5.32 Å². The van der Waals surface area contributed by atoms with Gasteiger partial charge in [0, 0.05) is 21.0 Å². The summed E-state index contributed by atoms with van der Waals surface area (Å²) in [6.07, 6.45) is 0. The van der Waals surface area contributed by atoms with E-state index >= 15 is 0 Å². The van der Waals surface area contributed by atoms with E-state index in [0.29, 0.717) is 27.5 Å². The third-order valence-electron chi connectivity index (χ3n) is 2.86. The Morgan fingerprint density at radius 3 is 2.39 bits per heavy atom. The van der Waals surface area contributed by atoms with Crippen LogP contribution in [-0.4, -0.2) is 11.8 Å². The predicted octanol–water partition coefficient (Wildman–Crippen LogP) is 2.36. The number of carbonyl (C=O) groups is 2. The minimum atomic E-state index is -0.461. The first-order chi connectivity index (χ1) is 8.60. The number of nitrogens with one attached hydrogen (secondary N) is 1. The number of amides is 2. The Kier molecular flexibility index (Phi) is 2.22.